The van der Waals surface area contributed by atoms with Crippen LogP contribution < -0.4 is 9.47 Å². The van der Waals surface area contributed by atoms with Crippen molar-refractivity contribution in [2.75, 3.05) is 20.8 Å². The predicted molar refractivity (Wildman–Crippen MR) is 111 cm³/mol. The molecule has 150 valence electrons. The number of phenolic OH excluding ortho intramolecular Hbond substituents is 1. The molecule has 0 radical (unpaired) electrons. The van der Waals surface area contributed by atoms with Gasteiger partial charge in [-0.25, -0.2) is 4.39 Å². The molecule has 0 saturated heterocycles. The lowest BCUT2D eigenvalue weighted by molar-refractivity contribution is 0.241. The highest BCUT2D eigenvalue weighted by Gasteiger charge is 2.20. The first-order valence-corrected chi connectivity index (χ1v) is 9.61. The summed E-state index contributed by atoms with van der Waals surface area (Å²) < 4.78 is 25.6. The quantitative estimate of drug-likeness (QED) is 0.678. The van der Waals surface area contributed by atoms with E-state index in [1.54, 1.807) is 44.6 Å². The molecule has 0 saturated carbocycles. The van der Waals surface area contributed by atoms with Gasteiger partial charge in [0.05, 0.1) is 14.2 Å². The average molecular weight is 393 g/mol. The maximum absolute atomic E-state index is 14.8. The number of fused-ring (bicyclic) bond motifs is 1. The van der Waals surface area contributed by atoms with E-state index >= 15 is 0 Å². The van der Waals surface area contributed by atoms with Gasteiger partial charge in [0.25, 0.3) is 0 Å². The topological polar surface area (TPSA) is 41.9 Å². The number of nitrogens with zero attached hydrogens (tertiary/aromatic N) is 1. The Morgan fingerprint density at radius 1 is 0.897 bits per heavy atom. The Morgan fingerprint density at radius 2 is 1.55 bits per heavy atom. The Bertz CT molecular complexity index is 1020. The summed E-state index contributed by atoms with van der Waals surface area (Å²) in [6.45, 7) is 2.16. The molecule has 3 aromatic rings. The van der Waals surface area contributed by atoms with Gasteiger partial charge < -0.3 is 14.6 Å². The van der Waals surface area contributed by atoms with Gasteiger partial charge in [0.2, 0.25) is 0 Å². The molecule has 0 unspecified atom stereocenters. The van der Waals surface area contributed by atoms with Crippen LogP contribution in [-0.2, 0) is 19.5 Å². The second-order valence-electron chi connectivity index (χ2n) is 7.29. The molecule has 4 nitrogen and oxygen atoms in total. The number of methoxy groups -OCH3 is 2. The highest BCUT2D eigenvalue weighted by molar-refractivity contribution is 5.64. The molecule has 1 N–H and O–H groups in total. The first-order valence-electron chi connectivity index (χ1n) is 9.61. The lowest BCUT2D eigenvalue weighted by atomic mass is 9.98. The molecule has 0 amide bonds. The van der Waals surface area contributed by atoms with Gasteiger partial charge in [-0.1, -0.05) is 24.3 Å². The number of rotatable bonds is 5. The van der Waals surface area contributed by atoms with E-state index in [-0.39, 0.29) is 11.6 Å². The van der Waals surface area contributed by atoms with Crippen LogP contribution in [0.5, 0.6) is 17.2 Å². The summed E-state index contributed by atoms with van der Waals surface area (Å²) in [7, 11) is 3.28. The van der Waals surface area contributed by atoms with Gasteiger partial charge in [0, 0.05) is 25.2 Å². The minimum atomic E-state index is -0.214. The number of phenols is 1. The molecule has 1 heterocycles. The van der Waals surface area contributed by atoms with E-state index in [2.05, 4.69) is 4.90 Å². The third-order valence-electron chi connectivity index (χ3n) is 5.44. The summed E-state index contributed by atoms with van der Waals surface area (Å²) in [5, 5.41) is 9.42. The van der Waals surface area contributed by atoms with Crippen LogP contribution in [-0.4, -0.2) is 30.8 Å². The molecule has 0 aromatic heterocycles. The van der Waals surface area contributed by atoms with E-state index in [4.69, 9.17) is 9.47 Å². The van der Waals surface area contributed by atoms with Crippen molar-refractivity contribution in [2.24, 2.45) is 0 Å². The summed E-state index contributed by atoms with van der Waals surface area (Å²) in [6, 6.07) is 16.2. The van der Waals surface area contributed by atoms with Crippen molar-refractivity contribution < 1.29 is 19.0 Å². The van der Waals surface area contributed by atoms with E-state index in [0.717, 1.165) is 42.1 Å². The highest BCUT2D eigenvalue weighted by Crippen LogP contribution is 2.34. The highest BCUT2D eigenvalue weighted by atomic mass is 19.1. The second-order valence-corrected chi connectivity index (χ2v) is 7.29. The van der Waals surface area contributed by atoms with Crippen molar-refractivity contribution in [1.29, 1.82) is 0 Å². The van der Waals surface area contributed by atoms with Gasteiger partial charge in [-0.3, -0.25) is 4.90 Å². The van der Waals surface area contributed by atoms with Crippen LogP contribution in [0.4, 0.5) is 4.39 Å². The Hall–Kier alpha value is -3.05. The summed E-state index contributed by atoms with van der Waals surface area (Å²) >= 11 is 0. The lowest BCUT2D eigenvalue weighted by Gasteiger charge is -2.29. The first kappa shape index (κ1) is 19.3. The van der Waals surface area contributed by atoms with Gasteiger partial charge in [0.15, 0.2) is 11.5 Å². The van der Waals surface area contributed by atoms with Crippen molar-refractivity contribution >= 4 is 0 Å². The molecule has 0 bridgehead atoms. The van der Waals surface area contributed by atoms with Crippen LogP contribution in [0, 0.1) is 5.82 Å². The fourth-order valence-corrected chi connectivity index (χ4v) is 3.83. The molecule has 0 fully saturated rings. The van der Waals surface area contributed by atoms with Gasteiger partial charge in [-0.15, -0.1) is 0 Å². The molecule has 0 aliphatic carbocycles. The van der Waals surface area contributed by atoms with Crippen molar-refractivity contribution in [2.45, 2.75) is 19.5 Å². The van der Waals surface area contributed by atoms with E-state index in [9.17, 15) is 9.50 Å². The van der Waals surface area contributed by atoms with Crippen LogP contribution >= 0.6 is 0 Å². The lowest BCUT2D eigenvalue weighted by Crippen LogP contribution is -2.30. The molecular formula is C24H24FNO3. The van der Waals surface area contributed by atoms with Crippen LogP contribution in [0.1, 0.15) is 16.7 Å². The van der Waals surface area contributed by atoms with Crippen molar-refractivity contribution in [1.82, 2.24) is 4.90 Å². The SMILES string of the molecule is COc1cc2c(cc1OC)CN(Cc1ccc(-c3ccc(O)cc3)cc1F)CC2. The fraction of sp³-hybridized carbons (Fsp3) is 0.250. The molecule has 4 rings (SSSR count). The zero-order valence-electron chi connectivity index (χ0n) is 16.6. The number of halogens is 1. The largest absolute Gasteiger partial charge is 0.508 e. The summed E-state index contributed by atoms with van der Waals surface area (Å²) in [6.07, 6.45) is 0.892. The van der Waals surface area contributed by atoms with E-state index in [1.807, 2.05) is 24.3 Å². The van der Waals surface area contributed by atoms with Gasteiger partial charge in [-0.05, 0) is 59.0 Å². The standard InChI is InChI=1S/C24H24FNO3/c1-28-23-12-18-9-10-26(15-20(18)13-24(23)29-2)14-19-4-3-17(11-22(19)25)16-5-7-21(27)8-6-16/h3-8,11-13,27H,9-10,14-15H2,1-2H3. The Labute approximate surface area is 170 Å². The zero-order chi connectivity index (χ0) is 20.4. The summed E-state index contributed by atoms with van der Waals surface area (Å²) in [5.74, 6) is 1.45. The number of aromatic hydroxyl groups is 1. The third-order valence-corrected chi connectivity index (χ3v) is 5.44. The second kappa shape index (κ2) is 8.13. The summed E-state index contributed by atoms with van der Waals surface area (Å²) in [4.78, 5) is 2.24. The Kier molecular flexibility index (Phi) is 5.41. The monoisotopic (exact) mass is 393 g/mol. The predicted octanol–water partition coefficient (Wildman–Crippen LogP) is 4.77. The van der Waals surface area contributed by atoms with Gasteiger partial charge >= 0.3 is 0 Å². The van der Waals surface area contributed by atoms with Crippen molar-refractivity contribution in [3.8, 4) is 28.4 Å². The van der Waals surface area contributed by atoms with E-state index in [0.29, 0.717) is 12.1 Å². The number of benzene rings is 3. The zero-order valence-corrected chi connectivity index (χ0v) is 16.6. The van der Waals surface area contributed by atoms with E-state index < -0.39 is 0 Å². The molecule has 1 aliphatic heterocycles. The average Bonchev–Trinajstić information content (AvgIpc) is 2.74. The third kappa shape index (κ3) is 4.05. The number of hydrogen-bond acceptors (Lipinski definition) is 4. The van der Waals surface area contributed by atoms with Crippen LogP contribution in [0.2, 0.25) is 0 Å². The molecule has 3 aromatic carbocycles. The Balaban J connectivity index is 1.51. The summed E-state index contributed by atoms with van der Waals surface area (Å²) in [5.41, 5.74) is 4.79. The molecule has 29 heavy (non-hydrogen) atoms. The molecule has 0 atom stereocenters. The minimum absolute atomic E-state index is 0.200. The van der Waals surface area contributed by atoms with Gasteiger partial charge in [-0.2, -0.15) is 0 Å². The van der Waals surface area contributed by atoms with Crippen molar-refractivity contribution in [3.63, 3.8) is 0 Å². The normalized spacial score (nSPS) is 13.8. The molecular weight excluding hydrogens is 369 g/mol. The number of hydrogen-bond donors (Lipinski definition) is 1. The number of ether oxygens (including phenoxy) is 2. The van der Waals surface area contributed by atoms with E-state index in [1.165, 1.54) is 11.1 Å². The van der Waals surface area contributed by atoms with Crippen LogP contribution in [0.25, 0.3) is 11.1 Å². The van der Waals surface area contributed by atoms with Gasteiger partial charge in [0.1, 0.15) is 11.6 Å². The fourth-order valence-electron chi connectivity index (χ4n) is 3.83. The smallest absolute Gasteiger partial charge is 0.161 e. The molecule has 5 heteroatoms. The molecule has 0 spiro atoms. The first-order chi connectivity index (χ1) is 14.1. The van der Waals surface area contributed by atoms with Crippen molar-refractivity contribution in [3.05, 3.63) is 77.1 Å². The minimum Gasteiger partial charge on any atom is -0.508 e. The van der Waals surface area contributed by atoms with Crippen LogP contribution in [0.3, 0.4) is 0 Å². The maximum Gasteiger partial charge on any atom is 0.161 e. The maximum atomic E-state index is 14.8. The Morgan fingerprint density at radius 3 is 2.21 bits per heavy atom. The molecule has 1 aliphatic rings. The van der Waals surface area contributed by atoms with Crippen LogP contribution in [0.15, 0.2) is 54.6 Å².